The Morgan fingerprint density at radius 3 is 2.58 bits per heavy atom. The van der Waals surface area contributed by atoms with Crippen molar-refractivity contribution in [1.82, 2.24) is 9.97 Å². The minimum atomic E-state index is -0.575. The van der Waals surface area contributed by atoms with Crippen molar-refractivity contribution < 1.29 is 14.6 Å². The second-order valence-corrected chi connectivity index (χ2v) is 5.82. The second-order valence-electron chi connectivity index (χ2n) is 4.86. The van der Waals surface area contributed by atoms with E-state index in [1.165, 1.54) is 6.20 Å². The number of aromatic nitrogens is 2. The summed E-state index contributed by atoms with van der Waals surface area (Å²) in [5.41, 5.74) is 11.6. The van der Waals surface area contributed by atoms with Crippen LogP contribution in [0.4, 0.5) is 5.82 Å². The van der Waals surface area contributed by atoms with Gasteiger partial charge in [-0.05, 0) is 12.1 Å². The predicted octanol–water partition coefficient (Wildman–Crippen LogP) is 0.418. The zero-order valence-corrected chi connectivity index (χ0v) is 14.3. The topological polar surface area (TPSA) is 172 Å². The Balaban J connectivity index is 2.56. The van der Waals surface area contributed by atoms with E-state index in [1.54, 1.807) is 12.1 Å². The number of anilines is 1. The molecule has 0 spiro atoms. The van der Waals surface area contributed by atoms with Gasteiger partial charge in [0.15, 0.2) is 0 Å². The summed E-state index contributed by atoms with van der Waals surface area (Å²) in [7, 11) is 0. The Kier molecular flexibility index (Phi) is 6.33. The van der Waals surface area contributed by atoms with Crippen molar-refractivity contribution in [2.24, 2.45) is 5.73 Å². The first-order valence-electron chi connectivity index (χ1n) is 7.26. The summed E-state index contributed by atoms with van der Waals surface area (Å²) < 4.78 is 5.24. The van der Waals surface area contributed by atoms with Gasteiger partial charge in [-0.1, -0.05) is 11.8 Å². The maximum atomic E-state index is 11.0. The molecule has 26 heavy (non-hydrogen) atoms. The molecular formula is C16H14N6O3S. The van der Waals surface area contributed by atoms with Crippen LogP contribution in [0.2, 0.25) is 0 Å². The van der Waals surface area contributed by atoms with Crippen LogP contribution in [0, 0.1) is 22.7 Å². The number of nitrogens with two attached hydrogens (primary N) is 2. The monoisotopic (exact) mass is 370 g/mol. The third-order valence-electron chi connectivity index (χ3n) is 3.12. The van der Waals surface area contributed by atoms with Gasteiger partial charge in [-0.2, -0.15) is 10.5 Å². The van der Waals surface area contributed by atoms with Crippen molar-refractivity contribution in [3.8, 4) is 29.1 Å². The highest BCUT2D eigenvalue weighted by molar-refractivity contribution is 8.00. The molecule has 132 valence electrons. The van der Waals surface area contributed by atoms with Gasteiger partial charge in [-0.25, -0.2) is 4.98 Å². The molecule has 0 fully saturated rings. The molecule has 10 heteroatoms. The molecule has 1 amide bonds. The molecule has 2 heterocycles. The number of pyridine rings is 2. The summed E-state index contributed by atoms with van der Waals surface area (Å²) >= 11 is 0.958. The first kappa shape index (κ1) is 19.0. The van der Waals surface area contributed by atoms with Gasteiger partial charge in [-0.15, -0.1) is 0 Å². The number of primary amides is 1. The van der Waals surface area contributed by atoms with E-state index in [9.17, 15) is 15.3 Å². The minimum Gasteiger partial charge on any atom is -0.490 e. The SMILES string of the molecule is N#Cc1c(N)nc(SCC(N)=O)c(C#N)c1-c1ccc(OCCO)cn1. The van der Waals surface area contributed by atoms with Crippen LogP contribution in [0.3, 0.4) is 0 Å². The van der Waals surface area contributed by atoms with Crippen LogP contribution in [-0.2, 0) is 4.79 Å². The standard InChI is InChI=1S/C16H14N6O3S/c17-5-10-14(12-2-1-9(7-21-12)25-4-3-23)11(6-18)16(22-15(10)20)26-8-13(19)24/h1-2,7,23H,3-4,8H2,(H2,19,24)(H2,20,22). The average molecular weight is 370 g/mol. The van der Waals surface area contributed by atoms with Gasteiger partial charge in [0.2, 0.25) is 5.91 Å². The van der Waals surface area contributed by atoms with Crippen molar-refractivity contribution in [2.75, 3.05) is 24.7 Å². The molecule has 0 saturated heterocycles. The fourth-order valence-electron chi connectivity index (χ4n) is 2.08. The highest BCUT2D eigenvalue weighted by Crippen LogP contribution is 2.35. The lowest BCUT2D eigenvalue weighted by Crippen LogP contribution is -2.14. The number of hydrogen-bond donors (Lipinski definition) is 3. The molecule has 9 nitrogen and oxygen atoms in total. The quantitative estimate of drug-likeness (QED) is 0.584. The number of aliphatic hydroxyl groups is 1. The Morgan fingerprint density at radius 1 is 1.31 bits per heavy atom. The van der Waals surface area contributed by atoms with E-state index < -0.39 is 5.91 Å². The number of carbonyl (C=O) groups is 1. The van der Waals surface area contributed by atoms with Crippen LogP contribution in [0.15, 0.2) is 23.4 Å². The largest absolute Gasteiger partial charge is 0.490 e. The van der Waals surface area contributed by atoms with Gasteiger partial charge in [0, 0.05) is 5.56 Å². The van der Waals surface area contributed by atoms with E-state index in [2.05, 4.69) is 9.97 Å². The Labute approximate surface area is 153 Å². The van der Waals surface area contributed by atoms with Crippen LogP contribution >= 0.6 is 11.8 Å². The Hall–Kier alpha value is -3.34. The van der Waals surface area contributed by atoms with Gasteiger partial charge in [0.05, 0.1) is 29.8 Å². The zero-order valence-electron chi connectivity index (χ0n) is 13.5. The maximum absolute atomic E-state index is 11.0. The third-order valence-corrected chi connectivity index (χ3v) is 4.12. The van der Waals surface area contributed by atoms with Gasteiger partial charge < -0.3 is 21.3 Å². The summed E-state index contributed by atoms with van der Waals surface area (Å²) in [5, 5.41) is 27.9. The Bertz CT molecular complexity index is 902. The molecular weight excluding hydrogens is 356 g/mol. The lowest BCUT2D eigenvalue weighted by atomic mass is 10.0. The van der Waals surface area contributed by atoms with E-state index in [0.717, 1.165) is 11.8 Å². The molecule has 0 radical (unpaired) electrons. The van der Waals surface area contributed by atoms with Gasteiger partial charge in [0.25, 0.3) is 0 Å². The summed E-state index contributed by atoms with van der Waals surface area (Å²) in [6, 6.07) is 7.08. The average Bonchev–Trinajstić information content (AvgIpc) is 2.64. The van der Waals surface area contributed by atoms with E-state index in [4.69, 9.17) is 21.3 Å². The fourth-order valence-corrected chi connectivity index (χ4v) is 2.81. The molecule has 0 aliphatic carbocycles. The molecule has 2 aromatic rings. The number of nitrogen functional groups attached to an aromatic ring is 1. The van der Waals surface area contributed by atoms with Crippen molar-refractivity contribution in [3.05, 3.63) is 29.5 Å². The number of nitrogens with zero attached hydrogens (tertiary/aromatic N) is 4. The molecule has 2 rings (SSSR count). The smallest absolute Gasteiger partial charge is 0.227 e. The fraction of sp³-hybridized carbons (Fsp3) is 0.188. The number of rotatable bonds is 7. The van der Waals surface area contributed by atoms with Crippen LogP contribution < -0.4 is 16.2 Å². The van der Waals surface area contributed by atoms with Crippen molar-refractivity contribution in [2.45, 2.75) is 5.03 Å². The van der Waals surface area contributed by atoms with E-state index in [-0.39, 0.29) is 46.5 Å². The van der Waals surface area contributed by atoms with Crippen molar-refractivity contribution >= 4 is 23.5 Å². The number of ether oxygens (including phenoxy) is 1. The predicted molar refractivity (Wildman–Crippen MR) is 93.8 cm³/mol. The zero-order chi connectivity index (χ0) is 19.1. The Morgan fingerprint density at radius 2 is 2.04 bits per heavy atom. The summed E-state index contributed by atoms with van der Waals surface area (Å²) in [6.45, 7) is -0.0235. The maximum Gasteiger partial charge on any atom is 0.227 e. The first-order valence-corrected chi connectivity index (χ1v) is 8.25. The summed E-state index contributed by atoms with van der Waals surface area (Å²) in [5.74, 6) is -0.317. The van der Waals surface area contributed by atoms with Crippen LogP contribution in [-0.4, -0.2) is 39.9 Å². The molecule has 0 unspecified atom stereocenters. The lowest BCUT2D eigenvalue weighted by molar-refractivity contribution is -0.115. The minimum absolute atomic E-state index is 0.0153. The van der Waals surface area contributed by atoms with E-state index >= 15 is 0 Å². The van der Waals surface area contributed by atoms with Crippen molar-refractivity contribution in [1.29, 1.82) is 10.5 Å². The third kappa shape index (κ3) is 4.19. The second kappa shape index (κ2) is 8.67. The number of nitriles is 2. The number of amides is 1. The number of thioether (sulfide) groups is 1. The van der Waals surface area contributed by atoms with Crippen molar-refractivity contribution in [3.63, 3.8) is 0 Å². The lowest BCUT2D eigenvalue weighted by Gasteiger charge is -2.12. The molecule has 0 bridgehead atoms. The molecule has 5 N–H and O–H groups in total. The van der Waals surface area contributed by atoms with Gasteiger partial charge in [0.1, 0.15) is 40.9 Å². The van der Waals surface area contributed by atoms with Gasteiger partial charge in [-0.3, -0.25) is 9.78 Å². The number of hydrogen-bond acceptors (Lipinski definition) is 9. The normalized spacial score (nSPS) is 9.96. The summed E-state index contributed by atoms with van der Waals surface area (Å²) in [4.78, 5) is 19.3. The summed E-state index contributed by atoms with van der Waals surface area (Å²) in [6.07, 6.45) is 1.40. The molecule has 2 aromatic heterocycles. The first-order chi connectivity index (χ1) is 12.5. The molecule has 0 aliphatic rings. The number of aliphatic hydroxyl groups excluding tert-OH is 1. The van der Waals surface area contributed by atoms with Gasteiger partial charge >= 0.3 is 0 Å². The van der Waals surface area contributed by atoms with Crippen LogP contribution in [0.1, 0.15) is 11.1 Å². The molecule has 0 aromatic carbocycles. The molecule has 0 atom stereocenters. The van der Waals surface area contributed by atoms with E-state index in [1.807, 2.05) is 12.1 Å². The number of carbonyl (C=O) groups excluding carboxylic acids is 1. The highest BCUT2D eigenvalue weighted by Gasteiger charge is 2.21. The van der Waals surface area contributed by atoms with Crippen LogP contribution in [0.25, 0.3) is 11.3 Å². The molecule has 0 aliphatic heterocycles. The van der Waals surface area contributed by atoms with E-state index in [0.29, 0.717) is 11.4 Å². The molecule has 0 saturated carbocycles. The van der Waals surface area contributed by atoms with Crippen LogP contribution in [0.5, 0.6) is 5.75 Å². The highest BCUT2D eigenvalue weighted by atomic mass is 32.2.